The van der Waals surface area contributed by atoms with Gasteiger partial charge in [-0.2, -0.15) is 0 Å². The van der Waals surface area contributed by atoms with Crippen LogP contribution in [0, 0.1) is 6.42 Å². The Balaban J connectivity index is 2.23. The van der Waals surface area contributed by atoms with Gasteiger partial charge in [-0.25, -0.2) is 0 Å². The normalized spacial score (nSPS) is 30.7. The maximum Gasteiger partial charge on any atom is 0.0730 e. The van der Waals surface area contributed by atoms with E-state index in [1.165, 1.54) is 6.54 Å². The van der Waals surface area contributed by atoms with Gasteiger partial charge in [0.1, 0.15) is 0 Å². The second kappa shape index (κ2) is 3.18. The third-order valence-corrected chi connectivity index (χ3v) is 1.73. The number of ether oxygens (including phenoxy) is 1. The Bertz CT molecular complexity index is 85.0. The molecule has 53 valence electrons. The molecule has 0 aromatic carbocycles. The molecule has 0 aromatic heterocycles. The highest BCUT2D eigenvalue weighted by molar-refractivity contribution is 4.84. The smallest absolute Gasteiger partial charge is 0.0730 e. The number of likely N-dealkylation sites (N-methyl/N-ethyl adjacent to an activating group) is 1. The zero-order valence-electron chi connectivity index (χ0n) is 6.13. The highest BCUT2D eigenvalue weighted by Gasteiger charge is 2.15. The van der Waals surface area contributed by atoms with Crippen LogP contribution in [0.3, 0.4) is 0 Å². The summed E-state index contributed by atoms with van der Waals surface area (Å²) in [4.78, 5) is 2.29. The van der Waals surface area contributed by atoms with Gasteiger partial charge in [-0.05, 0) is 26.4 Å². The minimum absolute atomic E-state index is 0.365. The first-order valence-corrected chi connectivity index (χ1v) is 3.37. The van der Waals surface area contributed by atoms with Crippen molar-refractivity contribution in [2.45, 2.75) is 12.5 Å². The third-order valence-electron chi connectivity index (χ3n) is 1.73. The molecule has 1 rings (SSSR count). The molecule has 0 spiro atoms. The standard InChI is InChI=1S/C7H14NO/c1-8-5-3-4-7(6-8)9-2/h4,7H,3,5-6H2,1-2H3. The van der Waals surface area contributed by atoms with Crippen LogP contribution in [0.15, 0.2) is 0 Å². The second-order valence-electron chi connectivity index (χ2n) is 2.56. The predicted molar refractivity (Wildman–Crippen MR) is 37.2 cm³/mol. The van der Waals surface area contributed by atoms with E-state index in [-0.39, 0.29) is 0 Å². The number of piperidine rings is 1. The summed E-state index contributed by atoms with van der Waals surface area (Å²) >= 11 is 0. The molecule has 0 aliphatic carbocycles. The van der Waals surface area contributed by atoms with E-state index in [1.54, 1.807) is 7.11 Å². The quantitative estimate of drug-likeness (QED) is 0.511. The fraction of sp³-hybridized carbons (Fsp3) is 0.857. The zero-order chi connectivity index (χ0) is 6.69. The first-order valence-electron chi connectivity index (χ1n) is 3.37. The van der Waals surface area contributed by atoms with Crippen LogP contribution in [0.4, 0.5) is 0 Å². The molecule has 0 N–H and O–H groups in total. The molecule has 1 aliphatic heterocycles. The number of hydrogen-bond acceptors (Lipinski definition) is 2. The Morgan fingerprint density at radius 3 is 2.89 bits per heavy atom. The Kier molecular flexibility index (Phi) is 2.49. The fourth-order valence-corrected chi connectivity index (χ4v) is 1.12. The van der Waals surface area contributed by atoms with Crippen molar-refractivity contribution in [1.29, 1.82) is 0 Å². The molecule has 9 heavy (non-hydrogen) atoms. The SMILES string of the molecule is COC1[CH]CCN(C)C1. The molecular weight excluding hydrogens is 114 g/mol. The minimum Gasteiger partial charge on any atom is -0.380 e. The lowest BCUT2D eigenvalue weighted by Gasteiger charge is -2.27. The molecule has 1 unspecified atom stereocenters. The maximum atomic E-state index is 5.16. The maximum absolute atomic E-state index is 5.16. The molecule has 1 atom stereocenters. The van der Waals surface area contributed by atoms with Crippen LogP contribution in [0.1, 0.15) is 6.42 Å². The summed E-state index contributed by atoms with van der Waals surface area (Å²) in [5.41, 5.74) is 0. The Hall–Kier alpha value is -0.0800. The van der Waals surface area contributed by atoms with Crippen LogP contribution in [0.25, 0.3) is 0 Å². The van der Waals surface area contributed by atoms with Gasteiger partial charge >= 0.3 is 0 Å². The number of rotatable bonds is 1. The van der Waals surface area contributed by atoms with Gasteiger partial charge in [0, 0.05) is 13.7 Å². The monoisotopic (exact) mass is 128 g/mol. The Morgan fingerprint density at radius 1 is 1.67 bits per heavy atom. The molecule has 1 aliphatic rings. The van der Waals surface area contributed by atoms with Gasteiger partial charge in [0.05, 0.1) is 6.10 Å². The van der Waals surface area contributed by atoms with E-state index in [9.17, 15) is 0 Å². The summed E-state index contributed by atoms with van der Waals surface area (Å²) in [6, 6.07) is 0. The van der Waals surface area contributed by atoms with Gasteiger partial charge in [0.25, 0.3) is 0 Å². The number of hydrogen-bond donors (Lipinski definition) is 0. The van der Waals surface area contributed by atoms with Crippen molar-refractivity contribution in [2.24, 2.45) is 0 Å². The van der Waals surface area contributed by atoms with Crippen molar-refractivity contribution in [1.82, 2.24) is 4.90 Å². The lowest BCUT2D eigenvalue weighted by Crippen LogP contribution is -2.36. The van der Waals surface area contributed by atoms with Crippen molar-refractivity contribution >= 4 is 0 Å². The molecular formula is C7H14NO. The zero-order valence-corrected chi connectivity index (χ0v) is 6.13. The van der Waals surface area contributed by atoms with E-state index in [0.717, 1.165) is 13.0 Å². The van der Waals surface area contributed by atoms with Crippen molar-refractivity contribution < 1.29 is 4.74 Å². The van der Waals surface area contributed by atoms with Crippen LogP contribution >= 0.6 is 0 Å². The summed E-state index contributed by atoms with van der Waals surface area (Å²) in [6.07, 6.45) is 3.76. The van der Waals surface area contributed by atoms with Gasteiger partial charge in [-0.15, -0.1) is 0 Å². The lowest BCUT2D eigenvalue weighted by atomic mass is 10.1. The summed E-state index contributed by atoms with van der Waals surface area (Å²) < 4.78 is 5.16. The molecule has 0 saturated carbocycles. The van der Waals surface area contributed by atoms with E-state index in [2.05, 4.69) is 18.4 Å². The molecule has 2 nitrogen and oxygen atoms in total. The van der Waals surface area contributed by atoms with Gasteiger partial charge in [0.2, 0.25) is 0 Å². The van der Waals surface area contributed by atoms with Crippen molar-refractivity contribution in [3.63, 3.8) is 0 Å². The minimum atomic E-state index is 0.365. The second-order valence-corrected chi connectivity index (χ2v) is 2.56. The van der Waals surface area contributed by atoms with E-state index < -0.39 is 0 Å². The molecule has 0 bridgehead atoms. The molecule has 2 heteroatoms. The van der Waals surface area contributed by atoms with Crippen molar-refractivity contribution in [3.8, 4) is 0 Å². The average Bonchev–Trinajstić information content (AvgIpc) is 1.88. The first kappa shape index (κ1) is 7.03. The number of likely N-dealkylation sites (tertiary alicyclic amines) is 1. The first-order chi connectivity index (χ1) is 4.33. The van der Waals surface area contributed by atoms with Gasteiger partial charge < -0.3 is 9.64 Å². The lowest BCUT2D eigenvalue weighted by molar-refractivity contribution is 0.0747. The molecule has 1 fully saturated rings. The summed E-state index contributed by atoms with van der Waals surface area (Å²) in [5, 5.41) is 0. The number of methoxy groups -OCH3 is 1. The number of nitrogens with zero attached hydrogens (tertiary/aromatic N) is 1. The fourth-order valence-electron chi connectivity index (χ4n) is 1.12. The highest BCUT2D eigenvalue weighted by atomic mass is 16.5. The summed E-state index contributed by atoms with van der Waals surface area (Å²) in [6.45, 7) is 2.23. The molecule has 1 saturated heterocycles. The van der Waals surface area contributed by atoms with E-state index >= 15 is 0 Å². The van der Waals surface area contributed by atoms with E-state index in [4.69, 9.17) is 4.74 Å². The molecule has 1 radical (unpaired) electrons. The Morgan fingerprint density at radius 2 is 2.44 bits per heavy atom. The summed E-state index contributed by atoms with van der Waals surface area (Å²) in [5.74, 6) is 0. The van der Waals surface area contributed by atoms with Gasteiger partial charge in [-0.1, -0.05) is 0 Å². The van der Waals surface area contributed by atoms with Crippen LogP contribution in [0.5, 0.6) is 0 Å². The van der Waals surface area contributed by atoms with Crippen LogP contribution in [-0.2, 0) is 4.74 Å². The van der Waals surface area contributed by atoms with Crippen LogP contribution in [0.2, 0.25) is 0 Å². The third kappa shape index (κ3) is 1.95. The van der Waals surface area contributed by atoms with Gasteiger partial charge in [0.15, 0.2) is 0 Å². The largest absolute Gasteiger partial charge is 0.380 e. The van der Waals surface area contributed by atoms with Crippen LogP contribution < -0.4 is 0 Å². The van der Waals surface area contributed by atoms with Crippen LogP contribution in [-0.4, -0.2) is 38.3 Å². The average molecular weight is 128 g/mol. The van der Waals surface area contributed by atoms with Gasteiger partial charge in [-0.3, -0.25) is 0 Å². The van der Waals surface area contributed by atoms with Crippen molar-refractivity contribution in [3.05, 3.63) is 6.42 Å². The van der Waals surface area contributed by atoms with E-state index in [0.29, 0.717) is 6.10 Å². The molecule has 0 amide bonds. The summed E-state index contributed by atoms with van der Waals surface area (Å²) in [7, 11) is 3.89. The molecule has 0 aromatic rings. The Labute approximate surface area is 56.8 Å². The van der Waals surface area contributed by atoms with E-state index in [1.807, 2.05) is 0 Å². The highest BCUT2D eigenvalue weighted by Crippen LogP contribution is 2.08. The topological polar surface area (TPSA) is 12.5 Å². The molecule has 1 heterocycles. The predicted octanol–water partition coefficient (Wildman–Crippen LogP) is 0.541. The van der Waals surface area contributed by atoms with Crippen molar-refractivity contribution in [2.75, 3.05) is 27.2 Å².